The third-order valence-corrected chi connectivity index (χ3v) is 5.10. The van der Waals surface area contributed by atoms with Gasteiger partial charge in [0.05, 0.1) is 0 Å². The van der Waals surface area contributed by atoms with Crippen LogP contribution in [0, 0.1) is 11.8 Å². The molecule has 2 rings (SSSR count). The first kappa shape index (κ1) is 26.0. The maximum Gasteiger partial charge on any atom is 0.191 e. The number of nitrogens with one attached hydrogen (secondary N) is 3. The van der Waals surface area contributed by atoms with Crippen molar-refractivity contribution < 1.29 is 9.47 Å². The molecule has 29 heavy (non-hydrogen) atoms. The highest BCUT2D eigenvalue weighted by molar-refractivity contribution is 14.0. The van der Waals surface area contributed by atoms with Crippen molar-refractivity contribution in [2.75, 3.05) is 51.9 Å². The van der Waals surface area contributed by atoms with E-state index in [0.717, 1.165) is 70.4 Å². The molecule has 3 N–H and O–H groups in total. The van der Waals surface area contributed by atoms with Crippen LogP contribution in [0.4, 0.5) is 5.69 Å². The highest BCUT2D eigenvalue weighted by atomic mass is 127. The van der Waals surface area contributed by atoms with Gasteiger partial charge >= 0.3 is 0 Å². The lowest BCUT2D eigenvalue weighted by Gasteiger charge is -2.25. The summed E-state index contributed by atoms with van der Waals surface area (Å²) in [4.78, 5) is 4.33. The maximum absolute atomic E-state index is 5.82. The van der Waals surface area contributed by atoms with Crippen LogP contribution in [-0.4, -0.2) is 58.6 Å². The Morgan fingerprint density at radius 3 is 2.55 bits per heavy atom. The van der Waals surface area contributed by atoms with Crippen molar-refractivity contribution in [1.29, 1.82) is 0 Å². The van der Waals surface area contributed by atoms with Crippen LogP contribution in [0.2, 0.25) is 0 Å². The minimum absolute atomic E-state index is 0. The van der Waals surface area contributed by atoms with E-state index in [9.17, 15) is 0 Å². The lowest BCUT2D eigenvalue weighted by Crippen LogP contribution is -2.45. The second kappa shape index (κ2) is 15.7. The van der Waals surface area contributed by atoms with Crippen LogP contribution in [0.1, 0.15) is 33.1 Å². The Morgan fingerprint density at radius 1 is 1.17 bits per heavy atom. The lowest BCUT2D eigenvalue weighted by molar-refractivity contribution is 0.0203. The molecule has 166 valence electrons. The van der Waals surface area contributed by atoms with E-state index in [1.54, 1.807) is 0 Å². The second-order valence-electron chi connectivity index (χ2n) is 7.72. The molecule has 0 amide bonds. The lowest BCUT2D eigenvalue weighted by atomic mass is 10.0. The molecule has 1 atom stereocenters. The zero-order valence-corrected chi connectivity index (χ0v) is 20.5. The number of nitrogens with zero attached hydrogens (tertiary/aromatic N) is 1. The molecule has 1 aromatic carbocycles. The summed E-state index contributed by atoms with van der Waals surface area (Å²) in [5.74, 6) is 2.01. The number of hydrogen-bond acceptors (Lipinski definition) is 4. The van der Waals surface area contributed by atoms with E-state index in [0.29, 0.717) is 17.9 Å². The summed E-state index contributed by atoms with van der Waals surface area (Å²) in [6, 6.07) is 10.7. The van der Waals surface area contributed by atoms with Crippen LogP contribution >= 0.6 is 24.0 Å². The summed E-state index contributed by atoms with van der Waals surface area (Å²) < 4.78 is 11.2. The molecule has 1 fully saturated rings. The van der Waals surface area contributed by atoms with Gasteiger partial charge in [0, 0.05) is 58.3 Å². The number of ether oxygens (including phenoxy) is 2. The molecule has 0 bridgehead atoms. The summed E-state index contributed by atoms with van der Waals surface area (Å²) in [6.07, 6.45) is 3.23. The molecule has 7 heteroatoms. The van der Waals surface area contributed by atoms with E-state index < -0.39 is 0 Å². The van der Waals surface area contributed by atoms with E-state index >= 15 is 0 Å². The molecular weight excluding hydrogens is 479 g/mol. The van der Waals surface area contributed by atoms with Crippen molar-refractivity contribution in [1.82, 2.24) is 10.6 Å². The average molecular weight is 518 g/mol. The summed E-state index contributed by atoms with van der Waals surface area (Å²) in [5.41, 5.74) is 1.15. The maximum atomic E-state index is 5.82. The van der Waals surface area contributed by atoms with Gasteiger partial charge in [0.25, 0.3) is 0 Å². The molecule has 0 aromatic heterocycles. The van der Waals surface area contributed by atoms with E-state index in [4.69, 9.17) is 9.47 Å². The zero-order chi connectivity index (χ0) is 20.0. The largest absolute Gasteiger partial charge is 0.381 e. The van der Waals surface area contributed by atoms with Gasteiger partial charge < -0.3 is 25.4 Å². The highest BCUT2D eigenvalue weighted by Gasteiger charge is 2.14. The van der Waals surface area contributed by atoms with Crippen LogP contribution < -0.4 is 16.0 Å². The molecule has 1 heterocycles. The predicted molar refractivity (Wildman–Crippen MR) is 132 cm³/mol. The first-order chi connectivity index (χ1) is 13.7. The third-order valence-electron chi connectivity index (χ3n) is 5.10. The molecular formula is C22H39IN4O2. The molecule has 0 saturated carbocycles. The number of hydrogen-bond donors (Lipinski definition) is 3. The summed E-state index contributed by atoms with van der Waals surface area (Å²) in [5, 5.41) is 10.4. The van der Waals surface area contributed by atoms with Gasteiger partial charge in [-0.3, -0.25) is 4.99 Å². The molecule has 0 radical (unpaired) electrons. The Kier molecular flexibility index (Phi) is 14.1. The number of benzene rings is 1. The normalized spacial score (nSPS) is 16.2. The van der Waals surface area contributed by atoms with Crippen molar-refractivity contribution in [2.45, 2.75) is 39.2 Å². The molecule has 1 saturated heterocycles. The van der Waals surface area contributed by atoms with Crippen LogP contribution in [0.25, 0.3) is 0 Å². The van der Waals surface area contributed by atoms with Gasteiger partial charge in [0.2, 0.25) is 0 Å². The Morgan fingerprint density at radius 2 is 1.90 bits per heavy atom. The standard InChI is InChI=1S/C22H38N4O2.HI/c1-18(2)21(26-20-8-5-4-6-9-20)16-25-22(23-3)24-12-7-13-28-17-19-10-14-27-15-11-19;/h4-6,8-9,18-19,21,26H,7,10-17H2,1-3H3,(H2,23,24,25);1H. The SMILES string of the molecule is CN=C(NCCCOCC1CCOCC1)NCC(Nc1ccccc1)C(C)C.I. The van der Waals surface area contributed by atoms with E-state index in [1.165, 1.54) is 0 Å². The first-order valence-electron chi connectivity index (χ1n) is 10.6. The topological polar surface area (TPSA) is 66.9 Å². The summed E-state index contributed by atoms with van der Waals surface area (Å²) in [7, 11) is 1.81. The van der Waals surface area contributed by atoms with Crippen molar-refractivity contribution in [3.8, 4) is 0 Å². The first-order valence-corrected chi connectivity index (χ1v) is 10.6. The predicted octanol–water partition coefficient (Wildman–Crippen LogP) is 3.74. The minimum Gasteiger partial charge on any atom is -0.381 e. The molecule has 1 aliphatic heterocycles. The minimum atomic E-state index is 0. The summed E-state index contributed by atoms with van der Waals surface area (Å²) in [6.45, 7) is 9.53. The van der Waals surface area contributed by atoms with Crippen molar-refractivity contribution >= 4 is 35.6 Å². The molecule has 1 unspecified atom stereocenters. The van der Waals surface area contributed by atoms with Crippen molar-refractivity contribution in [2.24, 2.45) is 16.8 Å². The number of aliphatic imine (C=N–C) groups is 1. The van der Waals surface area contributed by atoms with Crippen LogP contribution in [-0.2, 0) is 9.47 Å². The van der Waals surface area contributed by atoms with Crippen molar-refractivity contribution in [3.05, 3.63) is 30.3 Å². The van der Waals surface area contributed by atoms with Crippen LogP contribution in [0.3, 0.4) is 0 Å². The number of guanidine groups is 1. The quantitative estimate of drug-likeness (QED) is 0.180. The van der Waals surface area contributed by atoms with Gasteiger partial charge in [-0.25, -0.2) is 0 Å². The van der Waals surface area contributed by atoms with Crippen molar-refractivity contribution in [3.63, 3.8) is 0 Å². The molecule has 0 aliphatic carbocycles. The smallest absolute Gasteiger partial charge is 0.191 e. The fourth-order valence-electron chi connectivity index (χ4n) is 3.17. The van der Waals surface area contributed by atoms with E-state index in [2.05, 4.69) is 59.1 Å². The Labute approximate surface area is 193 Å². The van der Waals surface area contributed by atoms with Crippen LogP contribution in [0.5, 0.6) is 0 Å². The zero-order valence-electron chi connectivity index (χ0n) is 18.2. The Hall–Kier alpha value is -1.06. The fraction of sp³-hybridized carbons (Fsp3) is 0.682. The highest BCUT2D eigenvalue weighted by Crippen LogP contribution is 2.14. The molecule has 1 aliphatic rings. The number of halogens is 1. The summed E-state index contributed by atoms with van der Waals surface area (Å²) >= 11 is 0. The van der Waals surface area contributed by atoms with Crippen LogP contribution in [0.15, 0.2) is 35.3 Å². The molecule has 0 spiro atoms. The fourth-order valence-corrected chi connectivity index (χ4v) is 3.17. The number of anilines is 1. The van der Waals surface area contributed by atoms with E-state index in [-0.39, 0.29) is 24.0 Å². The average Bonchev–Trinajstić information content (AvgIpc) is 2.73. The van der Waals surface area contributed by atoms with Gasteiger partial charge in [-0.15, -0.1) is 24.0 Å². The second-order valence-corrected chi connectivity index (χ2v) is 7.72. The van der Waals surface area contributed by atoms with Gasteiger partial charge in [0.1, 0.15) is 0 Å². The number of para-hydroxylation sites is 1. The van der Waals surface area contributed by atoms with Gasteiger partial charge in [-0.1, -0.05) is 32.0 Å². The third kappa shape index (κ3) is 11.1. The Balaban J connectivity index is 0.00000420. The Bertz CT molecular complexity index is 551. The molecule has 1 aromatic rings. The van der Waals surface area contributed by atoms with Gasteiger partial charge in [-0.2, -0.15) is 0 Å². The monoisotopic (exact) mass is 518 g/mol. The van der Waals surface area contributed by atoms with Gasteiger partial charge in [0.15, 0.2) is 5.96 Å². The number of rotatable bonds is 11. The van der Waals surface area contributed by atoms with E-state index in [1.807, 2.05) is 13.1 Å². The van der Waals surface area contributed by atoms with Gasteiger partial charge in [-0.05, 0) is 43.2 Å². The molecule has 6 nitrogen and oxygen atoms in total.